The zero-order chi connectivity index (χ0) is 20.1. The second-order valence-electron chi connectivity index (χ2n) is 6.48. The number of aromatic amines is 1. The first-order valence-corrected chi connectivity index (χ1v) is 9.31. The Hall–Kier alpha value is -3.52. The zero-order valence-electron chi connectivity index (χ0n) is 15.6. The van der Waals surface area contributed by atoms with Gasteiger partial charge in [0.15, 0.2) is 11.5 Å². The van der Waals surface area contributed by atoms with Crippen LogP contribution < -0.4 is 19.5 Å². The Kier molecular flexibility index (Phi) is 5.62. The highest BCUT2D eigenvalue weighted by Crippen LogP contribution is 2.33. The maximum Gasteiger partial charge on any atom is 0.269 e. The summed E-state index contributed by atoms with van der Waals surface area (Å²) in [4.78, 5) is 12.7. The lowest BCUT2D eigenvalue weighted by Crippen LogP contribution is -2.40. The van der Waals surface area contributed by atoms with Crippen LogP contribution in [0.2, 0.25) is 0 Å². The Bertz CT molecular complexity index is 974. The van der Waals surface area contributed by atoms with Gasteiger partial charge in [0.05, 0.1) is 18.5 Å². The molecule has 0 radical (unpaired) electrons. The topological polar surface area (TPSA) is 106 Å². The molecule has 0 fully saturated rings. The Balaban J connectivity index is 1.51. The van der Waals surface area contributed by atoms with Gasteiger partial charge in [0.1, 0.15) is 12.4 Å². The first kappa shape index (κ1) is 18.8. The van der Waals surface area contributed by atoms with E-state index in [1.807, 2.05) is 24.3 Å². The number of rotatable bonds is 7. The molecule has 1 aromatic heterocycles. The van der Waals surface area contributed by atoms with Gasteiger partial charge in [0.25, 0.3) is 5.91 Å². The molecular weight excluding hydrogens is 374 g/mol. The Morgan fingerprint density at radius 2 is 2.10 bits per heavy atom. The Labute approximate surface area is 167 Å². The Morgan fingerprint density at radius 3 is 2.90 bits per heavy atom. The van der Waals surface area contributed by atoms with E-state index in [-0.39, 0.29) is 19.1 Å². The standard InChI is InChI=1S/C21H21N3O5/c25-8-3-9-27-19-10-14(15-11-22-23-12-15)6-7-16(19)24-21(26)20-13-28-17-4-1-2-5-18(17)29-20/h1-2,4-7,10-12,20,25H,3,8-9,13H2,(H,22,23)(H,24,26)/t20-/m1/s1. The van der Waals surface area contributed by atoms with Crippen LogP contribution in [0.3, 0.4) is 0 Å². The lowest BCUT2D eigenvalue weighted by Gasteiger charge is -2.26. The fraction of sp³-hybridized carbons (Fsp3) is 0.238. The number of hydrogen-bond donors (Lipinski definition) is 3. The minimum absolute atomic E-state index is 0.0236. The summed E-state index contributed by atoms with van der Waals surface area (Å²) in [6.45, 7) is 0.469. The molecule has 4 rings (SSSR count). The van der Waals surface area contributed by atoms with Crippen LogP contribution in [0.25, 0.3) is 11.1 Å². The molecule has 8 nitrogen and oxygen atoms in total. The van der Waals surface area contributed by atoms with E-state index in [4.69, 9.17) is 19.3 Å². The molecule has 0 saturated carbocycles. The predicted molar refractivity (Wildman–Crippen MR) is 106 cm³/mol. The van der Waals surface area contributed by atoms with Crippen molar-refractivity contribution in [3.8, 4) is 28.4 Å². The van der Waals surface area contributed by atoms with Crippen LogP contribution in [0.5, 0.6) is 17.2 Å². The first-order valence-electron chi connectivity index (χ1n) is 9.31. The molecule has 0 unspecified atom stereocenters. The number of ether oxygens (including phenoxy) is 3. The number of anilines is 1. The van der Waals surface area contributed by atoms with Gasteiger partial charge in [0.2, 0.25) is 6.10 Å². The second kappa shape index (κ2) is 8.66. The molecule has 3 aromatic rings. The number of carbonyl (C=O) groups excluding carboxylic acids is 1. The molecule has 1 amide bonds. The van der Waals surface area contributed by atoms with Gasteiger partial charge in [0, 0.05) is 24.8 Å². The van der Waals surface area contributed by atoms with E-state index in [0.717, 1.165) is 11.1 Å². The van der Waals surface area contributed by atoms with Gasteiger partial charge in [-0.15, -0.1) is 0 Å². The zero-order valence-corrected chi connectivity index (χ0v) is 15.6. The quantitative estimate of drug-likeness (QED) is 0.531. The molecule has 0 bridgehead atoms. The average molecular weight is 395 g/mol. The summed E-state index contributed by atoms with van der Waals surface area (Å²) in [5.74, 6) is 1.33. The Morgan fingerprint density at radius 1 is 1.24 bits per heavy atom. The minimum Gasteiger partial charge on any atom is -0.491 e. The molecule has 29 heavy (non-hydrogen) atoms. The van der Waals surface area contributed by atoms with Crippen molar-refractivity contribution in [3.63, 3.8) is 0 Å². The minimum atomic E-state index is -0.774. The second-order valence-corrected chi connectivity index (χ2v) is 6.48. The predicted octanol–water partition coefficient (Wildman–Crippen LogP) is 2.62. The van der Waals surface area contributed by atoms with Crippen molar-refractivity contribution in [2.24, 2.45) is 0 Å². The number of amides is 1. The van der Waals surface area contributed by atoms with E-state index < -0.39 is 6.10 Å². The van der Waals surface area contributed by atoms with Crippen LogP contribution in [-0.4, -0.2) is 47.1 Å². The molecule has 8 heteroatoms. The van der Waals surface area contributed by atoms with Gasteiger partial charge in [-0.1, -0.05) is 18.2 Å². The number of carbonyl (C=O) groups is 1. The lowest BCUT2D eigenvalue weighted by atomic mass is 10.1. The fourth-order valence-corrected chi connectivity index (χ4v) is 2.94. The van der Waals surface area contributed by atoms with Gasteiger partial charge in [-0.05, 0) is 29.8 Å². The third-order valence-electron chi connectivity index (χ3n) is 4.43. The summed E-state index contributed by atoms with van der Waals surface area (Å²) in [5, 5.41) is 18.6. The van der Waals surface area contributed by atoms with Crippen LogP contribution in [0.1, 0.15) is 6.42 Å². The number of nitrogens with one attached hydrogen (secondary N) is 2. The number of fused-ring (bicyclic) bond motifs is 1. The highest BCUT2D eigenvalue weighted by molar-refractivity contribution is 5.96. The van der Waals surface area contributed by atoms with E-state index in [1.165, 1.54) is 0 Å². The third kappa shape index (κ3) is 4.33. The number of aliphatic hydroxyl groups excluding tert-OH is 1. The van der Waals surface area contributed by atoms with E-state index in [2.05, 4.69) is 15.5 Å². The van der Waals surface area contributed by atoms with Crippen molar-refractivity contribution in [1.82, 2.24) is 10.2 Å². The van der Waals surface area contributed by atoms with Crippen molar-refractivity contribution < 1.29 is 24.1 Å². The van der Waals surface area contributed by atoms with Crippen LogP contribution in [0, 0.1) is 0 Å². The molecule has 150 valence electrons. The number of aliphatic hydroxyl groups is 1. The third-order valence-corrected chi connectivity index (χ3v) is 4.43. The molecule has 0 spiro atoms. The highest BCUT2D eigenvalue weighted by Gasteiger charge is 2.28. The molecular formula is C21H21N3O5. The lowest BCUT2D eigenvalue weighted by molar-refractivity contribution is -0.125. The van der Waals surface area contributed by atoms with Crippen LogP contribution in [-0.2, 0) is 4.79 Å². The van der Waals surface area contributed by atoms with E-state index in [0.29, 0.717) is 36.0 Å². The molecule has 0 saturated heterocycles. The summed E-state index contributed by atoms with van der Waals surface area (Å²) in [5.41, 5.74) is 2.31. The molecule has 0 aliphatic carbocycles. The molecule has 1 atom stereocenters. The number of hydrogen-bond acceptors (Lipinski definition) is 6. The maximum atomic E-state index is 12.7. The maximum absolute atomic E-state index is 12.7. The summed E-state index contributed by atoms with van der Waals surface area (Å²) in [6, 6.07) is 12.7. The van der Waals surface area contributed by atoms with Crippen molar-refractivity contribution >= 4 is 11.6 Å². The van der Waals surface area contributed by atoms with Crippen molar-refractivity contribution in [1.29, 1.82) is 0 Å². The highest BCUT2D eigenvalue weighted by atomic mass is 16.6. The van der Waals surface area contributed by atoms with Crippen LogP contribution in [0.4, 0.5) is 5.69 Å². The van der Waals surface area contributed by atoms with E-state index >= 15 is 0 Å². The smallest absolute Gasteiger partial charge is 0.269 e. The number of para-hydroxylation sites is 2. The number of benzene rings is 2. The number of aromatic nitrogens is 2. The summed E-state index contributed by atoms with van der Waals surface area (Å²) in [7, 11) is 0. The van der Waals surface area contributed by atoms with Crippen molar-refractivity contribution in [3.05, 3.63) is 54.9 Å². The summed E-state index contributed by atoms with van der Waals surface area (Å²) in [6.07, 6.45) is 3.19. The molecule has 3 N–H and O–H groups in total. The first-order chi connectivity index (χ1) is 14.2. The number of H-pyrrole nitrogens is 1. The summed E-state index contributed by atoms with van der Waals surface area (Å²) < 4.78 is 17.2. The average Bonchev–Trinajstić information content (AvgIpc) is 3.29. The van der Waals surface area contributed by atoms with E-state index in [9.17, 15) is 4.79 Å². The molecule has 2 aromatic carbocycles. The van der Waals surface area contributed by atoms with Gasteiger partial charge in [-0.25, -0.2) is 0 Å². The largest absolute Gasteiger partial charge is 0.491 e. The van der Waals surface area contributed by atoms with E-state index in [1.54, 1.807) is 30.6 Å². The molecule has 1 aliphatic heterocycles. The number of nitrogens with zero attached hydrogens (tertiary/aromatic N) is 1. The van der Waals surface area contributed by atoms with Crippen molar-refractivity contribution in [2.75, 3.05) is 25.1 Å². The van der Waals surface area contributed by atoms with Crippen LogP contribution in [0.15, 0.2) is 54.9 Å². The summed E-state index contributed by atoms with van der Waals surface area (Å²) >= 11 is 0. The van der Waals surface area contributed by atoms with Gasteiger partial charge < -0.3 is 24.6 Å². The fourth-order valence-electron chi connectivity index (χ4n) is 2.94. The normalized spacial score (nSPS) is 15.0. The SMILES string of the molecule is O=C(Nc1ccc(-c2cn[nH]c2)cc1OCCCO)[C@H]1COc2ccccc2O1. The van der Waals surface area contributed by atoms with Crippen molar-refractivity contribution in [2.45, 2.75) is 12.5 Å². The monoisotopic (exact) mass is 395 g/mol. The molecule has 2 heterocycles. The van der Waals surface area contributed by atoms with Gasteiger partial charge >= 0.3 is 0 Å². The molecule has 1 aliphatic rings. The van der Waals surface area contributed by atoms with Crippen LogP contribution >= 0.6 is 0 Å². The van der Waals surface area contributed by atoms with Gasteiger partial charge in [-0.3, -0.25) is 9.89 Å². The van der Waals surface area contributed by atoms with Gasteiger partial charge in [-0.2, -0.15) is 5.10 Å².